The van der Waals surface area contributed by atoms with Crippen molar-refractivity contribution < 1.29 is 0 Å². The quantitative estimate of drug-likeness (QED) is 0.512. The van der Waals surface area contributed by atoms with Gasteiger partial charge in [0.15, 0.2) is 5.11 Å². The van der Waals surface area contributed by atoms with E-state index < -0.39 is 0 Å². The number of aromatic nitrogens is 1. The summed E-state index contributed by atoms with van der Waals surface area (Å²) in [6.45, 7) is 11.3. The normalized spacial score (nSPS) is 11.0. The molecule has 0 aliphatic carbocycles. The molecule has 1 heterocycles. The SMILES string of the molecule is CCNC(=S)N/N=C\c1cc(C)n(-c2ccc(C)c(C)c2)c1C. The van der Waals surface area contributed by atoms with Gasteiger partial charge in [-0.1, -0.05) is 6.07 Å². The van der Waals surface area contributed by atoms with Crippen LogP contribution in [0.3, 0.4) is 0 Å². The van der Waals surface area contributed by atoms with E-state index in [0.29, 0.717) is 5.11 Å². The zero-order chi connectivity index (χ0) is 17.0. The Bertz CT molecular complexity index is 744. The number of hydrazone groups is 1. The second-order valence-corrected chi connectivity index (χ2v) is 6.07. The van der Waals surface area contributed by atoms with E-state index in [1.165, 1.54) is 22.5 Å². The van der Waals surface area contributed by atoms with E-state index in [-0.39, 0.29) is 0 Å². The van der Waals surface area contributed by atoms with Gasteiger partial charge in [-0.15, -0.1) is 0 Å². The first-order valence-corrected chi connectivity index (χ1v) is 8.18. The summed E-state index contributed by atoms with van der Waals surface area (Å²) < 4.78 is 2.25. The van der Waals surface area contributed by atoms with Gasteiger partial charge in [-0.3, -0.25) is 5.43 Å². The zero-order valence-corrected chi connectivity index (χ0v) is 15.2. The molecule has 2 aromatic rings. The lowest BCUT2D eigenvalue weighted by molar-refractivity contribution is 0.903. The van der Waals surface area contributed by atoms with Crippen LogP contribution in [0.25, 0.3) is 5.69 Å². The van der Waals surface area contributed by atoms with Gasteiger partial charge < -0.3 is 9.88 Å². The maximum Gasteiger partial charge on any atom is 0.186 e. The maximum absolute atomic E-state index is 5.09. The van der Waals surface area contributed by atoms with Crippen LogP contribution in [0, 0.1) is 27.7 Å². The summed E-state index contributed by atoms with van der Waals surface area (Å²) in [6.07, 6.45) is 1.81. The van der Waals surface area contributed by atoms with Gasteiger partial charge in [-0.05, 0) is 76.2 Å². The average molecular weight is 328 g/mol. The van der Waals surface area contributed by atoms with Crippen LogP contribution in [0.2, 0.25) is 0 Å². The molecule has 0 aliphatic heterocycles. The minimum absolute atomic E-state index is 0.534. The number of nitrogens with one attached hydrogen (secondary N) is 2. The minimum atomic E-state index is 0.534. The number of hydrogen-bond donors (Lipinski definition) is 2. The molecular weight excluding hydrogens is 304 g/mol. The van der Waals surface area contributed by atoms with Gasteiger partial charge >= 0.3 is 0 Å². The van der Waals surface area contributed by atoms with Gasteiger partial charge in [0.25, 0.3) is 0 Å². The van der Waals surface area contributed by atoms with Gasteiger partial charge in [0.05, 0.1) is 6.21 Å². The molecule has 0 spiro atoms. The van der Waals surface area contributed by atoms with Crippen molar-refractivity contribution in [2.45, 2.75) is 34.6 Å². The number of aryl methyl sites for hydroxylation is 3. The van der Waals surface area contributed by atoms with Crippen LogP contribution < -0.4 is 10.7 Å². The van der Waals surface area contributed by atoms with Crippen LogP contribution in [0.1, 0.15) is 35.0 Å². The Morgan fingerprint density at radius 1 is 1.17 bits per heavy atom. The van der Waals surface area contributed by atoms with Gasteiger partial charge in [-0.25, -0.2) is 0 Å². The van der Waals surface area contributed by atoms with E-state index in [1.54, 1.807) is 0 Å². The highest BCUT2D eigenvalue weighted by Gasteiger charge is 2.10. The Morgan fingerprint density at radius 3 is 2.57 bits per heavy atom. The molecular formula is C18H24N4S. The van der Waals surface area contributed by atoms with Crippen molar-refractivity contribution in [3.05, 3.63) is 52.3 Å². The summed E-state index contributed by atoms with van der Waals surface area (Å²) in [6, 6.07) is 8.66. The van der Waals surface area contributed by atoms with E-state index in [1.807, 2.05) is 13.1 Å². The van der Waals surface area contributed by atoms with Crippen molar-refractivity contribution >= 4 is 23.5 Å². The summed E-state index contributed by atoms with van der Waals surface area (Å²) in [5.74, 6) is 0. The van der Waals surface area contributed by atoms with Crippen molar-refractivity contribution in [3.63, 3.8) is 0 Å². The van der Waals surface area contributed by atoms with Gasteiger partial charge in [0.2, 0.25) is 0 Å². The first kappa shape index (κ1) is 17.2. The van der Waals surface area contributed by atoms with Crippen LogP contribution in [0.5, 0.6) is 0 Å². The predicted octanol–water partition coefficient (Wildman–Crippen LogP) is 3.53. The molecule has 0 radical (unpaired) electrons. The highest BCUT2D eigenvalue weighted by Crippen LogP contribution is 2.21. The maximum atomic E-state index is 5.09. The lowest BCUT2D eigenvalue weighted by atomic mass is 10.1. The van der Waals surface area contributed by atoms with Gasteiger partial charge in [0.1, 0.15) is 0 Å². The largest absolute Gasteiger partial charge is 0.362 e. The monoisotopic (exact) mass is 328 g/mol. The van der Waals surface area contributed by atoms with Crippen molar-refractivity contribution in [1.82, 2.24) is 15.3 Å². The smallest absolute Gasteiger partial charge is 0.186 e. The Labute approximate surface area is 143 Å². The molecule has 0 aliphatic rings. The fourth-order valence-electron chi connectivity index (χ4n) is 2.54. The highest BCUT2D eigenvalue weighted by molar-refractivity contribution is 7.80. The van der Waals surface area contributed by atoms with Crippen LogP contribution in [0.4, 0.5) is 0 Å². The molecule has 1 aromatic carbocycles. The second kappa shape index (κ2) is 7.42. The van der Waals surface area contributed by atoms with Crippen LogP contribution in [-0.4, -0.2) is 22.4 Å². The molecule has 122 valence electrons. The number of thiocarbonyl (C=S) groups is 1. The molecule has 0 amide bonds. The Kier molecular flexibility index (Phi) is 5.55. The number of hydrogen-bond acceptors (Lipinski definition) is 2. The fraction of sp³-hybridized carbons (Fsp3) is 0.333. The van der Waals surface area contributed by atoms with E-state index in [2.05, 4.69) is 72.4 Å². The molecule has 0 unspecified atom stereocenters. The number of nitrogens with zero attached hydrogens (tertiary/aromatic N) is 2. The standard InChI is InChI=1S/C18H24N4S/c1-6-19-18(23)21-20-11-16-10-14(4)22(15(16)5)17-8-7-12(2)13(3)9-17/h7-11H,6H2,1-5H3,(H2,19,21,23)/b20-11-. The third-order valence-electron chi connectivity index (χ3n) is 3.93. The summed E-state index contributed by atoms with van der Waals surface area (Å²) in [4.78, 5) is 0. The zero-order valence-electron chi connectivity index (χ0n) is 14.4. The molecule has 0 atom stereocenters. The summed E-state index contributed by atoms with van der Waals surface area (Å²) in [7, 11) is 0. The van der Waals surface area contributed by atoms with Gasteiger partial charge in [0, 0.05) is 29.2 Å². The molecule has 2 rings (SSSR count). The summed E-state index contributed by atoms with van der Waals surface area (Å²) in [5.41, 5.74) is 10.0. The average Bonchev–Trinajstić information content (AvgIpc) is 2.77. The minimum Gasteiger partial charge on any atom is -0.362 e. The molecule has 4 nitrogen and oxygen atoms in total. The molecule has 1 aromatic heterocycles. The molecule has 0 saturated carbocycles. The highest BCUT2D eigenvalue weighted by atomic mass is 32.1. The first-order chi connectivity index (χ1) is 10.9. The fourth-order valence-corrected chi connectivity index (χ4v) is 2.74. The van der Waals surface area contributed by atoms with E-state index in [4.69, 9.17) is 12.2 Å². The molecule has 0 saturated heterocycles. The summed E-state index contributed by atoms with van der Waals surface area (Å²) >= 11 is 5.09. The third kappa shape index (κ3) is 3.99. The first-order valence-electron chi connectivity index (χ1n) is 7.77. The van der Waals surface area contributed by atoms with E-state index in [0.717, 1.165) is 17.8 Å². The van der Waals surface area contributed by atoms with E-state index >= 15 is 0 Å². The second-order valence-electron chi connectivity index (χ2n) is 5.66. The Hall–Kier alpha value is -2.14. The Balaban J connectivity index is 2.27. The van der Waals surface area contributed by atoms with Crippen molar-refractivity contribution in [2.24, 2.45) is 5.10 Å². The van der Waals surface area contributed by atoms with Crippen molar-refractivity contribution in [1.29, 1.82) is 0 Å². The number of benzene rings is 1. The summed E-state index contributed by atoms with van der Waals surface area (Å²) in [5, 5.41) is 7.74. The molecule has 2 N–H and O–H groups in total. The van der Waals surface area contributed by atoms with Gasteiger partial charge in [-0.2, -0.15) is 5.10 Å². The Morgan fingerprint density at radius 2 is 1.91 bits per heavy atom. The van der Waals surface area contributed by atoms with Crippen LogP contribution in [-0.2, 0) is 0 Å². The molecule has 0 bridgehead atoms. The topological polar surface area (TPSA) is 41.4 Å². The lowest BCUT2D eigenvalue weighted by Gasteiger charge is -2.11. The molecule has 0 fully saturated rings. The van der Waals surface area contributed by atoms with E-state index in [9.17, 15) is 0 Å². The third-order valence-corrected chi connectivity index (χ3v) is 4.16. The molecule has 5 heteroatoms. The number of rotatable bonds is 4. The predicted molar refractivity (Wildman–Crippen MR) is 102 cm³/mol. The van der Waals surface area contributed by atoms with Crippen molar-refractivity contribution in [3.8, 4) is 5.69 Å². The lowest BCUT2D eigenvalue weighted by Crippen LogP contribution is -2.31. The van der Waals surface area contributed by atoms with Crippen molar-refractivity contribution in [2.75, 3.05) is 6.54 Å². The van der Waals surface area contributed by atoms with Crippen LogP contribution in [0.15, 0.2) is 29.4 Å². The van der Waals surface area contributed by atoms with Crippen LogP contribution >= 0.6 is 12.2 Å². The molecule has 23 heavy (non-hydrogen) atoms.